The van der Waals surface area contributed by atoms with E-state index in [2.05, 4.69) is 0 Å². The third-order valence-corrected chi connectivity index (χ3v) is 2.22. The standard InChI is InChI=1S/C14H25NO4/c1-7-18-12(16)11(2)9-8-10-15(6)13(17)19-14(3,4)5/h9H,7-8,10H2,1-6H3/b11-9+. The van der Waals surface area contributed by atoms with Crippen molar-refractivity contribution >= 4 is 12.1 Å². The molecule has 0 atom stereocenters. The van der Waals surface area contributed by atoms with Gasteiger partial charge in [-0.3, -0.25) is 0 Å². The molecule has 0 aliphatic heterocycles. The third kappa shape index (κ3) is 8.24. The highest BCUT2D eigenvalue weighted by molar-refractivity contribution is 5.87. The van der Waals surface area contributed by atoms with Crippen LogP contribution in [0.5, 0.6) is 0 Å². The number of ether oxygens (including phenoxy) is 2. The van der Waals surface area contributed by atoms with E-state index in [0.29, 0.717) is 25.1 Å². The van der Waals surface area contributed by atoms with Gasteiger partial charge < -0.3 is 14.4 Å². The smallest absolute Gasteiger partial charge is 0.410 e. The highest BCUT2D eigenvalue weighted by atomic mass is 16.6. The van der Waals surface area contributed by atoms with Crippen LogP contribution in [0.1, 0.15) is 41.0 Å². The lowest BCUT2D eigenvalue weighted by atomic mass is 10.2. The molecule has 0 aromatic heterocycles. The normalized spacial score (nSPS) is 12.0. The maximum atomic E-state index is 11.7. The molecule has 0 aromatic carbocycles. The van der Waals surface area contributed by atoms with Gasteiger partial charge in [-0.1, -0.05) is 6.08 Å². The number of rotatable bonds is 5. The Morgan fingerprint density at radius 2 is 1.84 bits per heavy atom. The van der Waals surface area contributed by atoms with Crippen LogP contribution in [0.4, 0.5) is 4.79 Å². The van der Waals surface area contributed by atoms with Gasteiger partial charge in [-0.15, -0.1) is 0 Å². The molecule has 0 saturated heterocycles. The quantitative estimate of drug-likeness (QED) is 0.570. The molecule has 0 fully saturated rings. The molecule has 0 rings (SSSR count). The van der Waals surface area contributed by atoms with Crippen molar-refractivity contribution in [2.24, 2.45) is 0 Å². The molecule has 5 nitrogen and oxygen atoms in total. The lowest BCUT2D eigenvalue weighted by Crippen LogP contribution is -2.34. The summed E-state index contributed by atoms with van der Waals surface area (Å²) in [6.45, 7) is 9.79. The summed E-state index contributed by atoms with van der Waals surface area (Å²) in [4.78, 5) is 24.5. The zero-order valence-electron chi connectivity index (χ0n) is 12.8. The van der Waals surface area contributed by atoms with Gasteiger partial charge in [0.25, 0.3) is 0 Å². The van der Waals surface area contributed by atoms with E-state index >= 15 is 0 Å². The number of hydrogen-bond acceptors (Lipinski definition) is 4. The molecule has 0 bridgehead atoms. The second kappa shape index (κ2) is 7.81. The molecule has 0 aromatic rings. The first-order chi connectivity index (χ1) is 8.67. The van der Waals surface area contributed by atoms with E-state index in [1.165, 1.54) is 4.90 Å². The summed E-state index contributed by atoms with van der Waals surface area (Å²) in [7, 11) is 1.67. The van der Waals surface area contributed by atoms with E-state index < -0.39 is 5.60 Å². The van der Waals surface area contributed by atoms with Gasteiger partial charge in [0.15, 0.2) is 0 Å². The first-order valence-electron chi connectivity index (χ1n) is 6.45. The van der Waals surface area contributed by atoms with Crippen LogP contribution < -0.4 is 0 Å². The SMILES string of the molecule is CCOC(=O)/C(C)=C/CCN(C)C(=O)OC(C)(C)C. The second-order valence-corrected chi connectivity index (χ2v) is 5.30. The van der Waals surface area contributed by atoms with E-state index in [0.717, 1.165) is 0 Å². The average Bonchev–Trinajstić information content (AvgIpc) is 2.26. The molecule has 19 heavy (non-hydrogen) atoms. The van der Waals surface area contributed by atoms with Gasteiger partial charge in [0, 0.05) is 19.2 Å². The van der Waals surface area contributed by atoms with Crippen LogP contribution in [0.15, 0.2) is 11.6 Å². The van der Waals surface area contributed by atoms with Crippen LogP contribution in [-0.2, 0) is 14.3 Å². The molecular weight excluding hydrogens is 246 g/mol. The van der Waals surface area contributed by atoms with E-state index in [9.17, 15) is 9.59 Å². The van der Waals surface area contributed by atoms with Gasteiger partial charge in [-0.25, -0.2) is 9.59 Å². The Hall–Kier alpha value is -1.52. The van der Waals surface area contributed by atoms with Crippen LogP contribution in [0.3, 0.4) is 0 Å². The van der Waals surface area contributed by atoms with E-state index in [-0.39, 0.29) is 12.1 Å². The number of hydrogen-bond donors (Lipinski definition) is 0. The summed E-state index contributed by atoms with van der Waals surface area (Å²) in [5.74, 6) is -0.317. The zero-order valence-corrected chi connectivity index (χ0v) is 12.8. The molecule has 5 heteroatoms. The van der Waals surface area contributed by atoms with Crippen molar-refractivity contribution in [2.45, 2.75) is 46.6 Å². The van der Waals surface area contributed by atoms with Crippen LogP contribution >= 0.6 is 0 Å². The minimum atomic E-state index is -0.498. The monoisotopic (exact) mass is 271 g/mol. The highest BCUT2D eigenvalue weighted by Crippen LogP contribution is 2.09. The minimum Gasteiger partial charge on any atom is -0.463 e. The third-order valence-electron chi connectivity index (χ3n) is 2.22. The summed E-state index contributed by atoms with van der Waals surface area (Å²) >= 11 is 0. The molecule has 0 N–H and O–H groups in total. The van der Waals surface area contributed by atoms with Crippen molar-refractivity contribution in [3.8, 4) is 0 Å². The first kappa shape index (κ1) is 17.5. The molecule has 0 aliphatic carbocycles. The van der Waals surface area contributed by atoms with Gasteiger partial charge in [0.2, 0.25) is 0 Å². The van der Waals surface area contributed by atoms with Crippen molar-refractivity contribution in [3.05, 3.63) is 11.6 Å². The lowest BCUT2D eigenvalue weighted by molar-refractivity contribution is -0.138. The summed E-state index contributed by atoms with van der Waals surface area (Å²) < 4.78 is 10.1. The van der Waals surface area contributed by atoms with Gasteiger partial charge in [-0.2, -0.15) is 0 Å². The Labute approximate surface area is 115 Å². The van der Waals surface area contributed by atoms with Crippen LogP contribution in [0.25, 0.3) is 0 Å². The first-order valence-corrected chi connectivity index (χ1v) is 6.45. The molecule has 1 amide bonds. The van der Waals surface area contributed by atoms with Crippen LogP contribution in [-0.4, -0.2) is 42.8 Å². The van der Waals surface area contributed by atoms with Crippen molar-refractivity contribution in [2.75, 3.05) is 20.2 Å². The fourth-order valence-corrected chi connectivity index (χ4v) is 1.23. The van der Waals surface area contributed by atoms with Crippen molar-refractivity contribution in [3.63, 3.8) is 0 Å². The molecule has 0 heterocycles. The van der Waals surface area contributed by atoms with Gasteiger partial charge in [-0.05, 0) is 41.0 Å². The zero-order chi connectivity index (χ0) is 15.1. The fourth-order valence-electron chi connectivity index (χ4n) is 1.23. The van der Waals surface area contributed by atoms with Crippen LogP contribution in [0, 0.1) is 0 Å². The molecular formula is C14H25NO4. The fraction of sp³-hybridized carbons (Fsp3) is 0.714. The Morgan fingerprint density at radius 1 is 1.26 bits per heavy atom. The van der Waals surface area contributed by atoms with Crippen molar-refractivity contribution in [1.29, 1.82) is 0 Å². The molecule has 0 saturated carbocycles. The molecule has 0 unspecified atom stereocenters. The summed E-state index contributed by atoms with van der Waals surface area (Å²) in [6, 6.07) is 0. The lowest BCUT2D eigenvalue weighted by Gasteiger charge is -2.24. The predicted octanol–water partition coefficient (Wildman–Crippen LogP) is 2.75. The maximum Gasteiger partial charge on any atom is 0.410 e. The molecule has 0 radical (unpaired) electrons. The summed E-state index contributed by atoms with van der Waals surface area (Å²) in [5, 5.41) is 0. The molecule has 110 valence electrons. The summed E-state index contributed by atoms with van der Waals surface area (Å²) in [6.07, 6.45) is 1.98. The Balaban J connectivity index is 4.16. The Bertz CT molecular complexity index is 342. The van der Waals surface area contributed by atoms with Gasteiger partial charge in [0.1, 0.15) is 5.60 Å². The largest absolute Gasteiger partial charge is 0.463 e. The van der Waals surface area contributed by atoms with E-state index in [1.807, 2.05) is 20.8 Å². The molecule has 0 aliphatic rings. The van der Waals surface area contributed by atoms with Crippen molar-refractivity contribution < 1.29 is 19.1 Å². The minimum absolute atomic E-state index is 0.317. The van der Waals surface area contributed by atoms with Gasteiger partial charge >= 0.3 is 12.1 Å². The second-order valence-electron chi connectivity index (χ2n) is 5.30. The summed E-state index contributed by atoms with van der Waals surface area (Å²) in [5.41, 5.74) is 0.0571. The number of esters is 1. The van der Waals surface area contributed by atoms with Gasteiger partial charge in [0.05, 0.1) is 6.61 Å². The Morgan fingerprint density at radius 3 is 2.32 bits per heavy atom. The maximum absolute atomic E-state index is 11.7. The average molecular weight is 271 g/mol. The molecule has 0 spiro atoms. The Kier molecular flexibility index (Phi) is 7.19. The number of nitrogens with zero attached hydrogens (tertiary/aromatic N) is 1. The van der Waals surface area contributed by atoms with E-state index in [1.54, 1.807) is 27.0 Å². The number of carbonyl (C=O) groups excluding carboxylic acids is 2. The topological polar surface area (TPSA) is 55.8 Å². The highest BCUT2D eigenvalue weighted by Gasteiger charge is 2.18. The van der Waals surface area contributed by atoms with Crippen molar-refractivity contribution in [1.82, 2.24) is 4.90 Å². The number of carbonyl (C=O) groups is 2. The number of amides is 1. The predicted molar refractivity (Wildman–Crippen MR) is 73.9 cm³/mol. The van der Waals surface area contributed by atoms with E-state index in [4.69, 9.17) is 9.47 Å². The van der Waals surface area contributed by atoms with Crippen LogP contribution in [0.2, 0.25) is 0 Å².